The third-order valence-electron chi connectivity index (χ3n) is 2.59. The van der Waals surface area contributed by atoms with Crippen LogP contribution in [-0.2, 0) is 20.2 Å². The molecule has 0 heterocycles. The normalized spacial score (nSPS) is 12.7. The SMILES string of the molecule is O=S(=O)(O)c1cccc2c(S(=O)(=O)O)c(O)c(O)cc12. The molecule has 0 radical (unpaired) electrons. The maximum Gasteiger partial charge on any atom is 0.298 e. The van der Waals surface area contributed by atoms with Gasteiger partial charge in [0.25, 0.3) is 20.2 Å². The Morgan fingerprint density at radius 2 is 1.45 bits per heavy atom. The van der Waals surface area contributed by atoms with Crippen LogP contribution >= 0.6 is 0 Å². The molecule has 8 nitrogen and oxygen atoms in total. The number of benzene rings is 2. The van der Waals surface area contributed by atoms with Gasteiger partial charge in [-0.05, 0) is 12.1 Å². The average molecular weight is 320 g/mol. The molecule has 10 heteroatoms. The molecular formula is C10H8O8S2. The Morgan fingerprint density at radius 3 is 1.95 bits per heavy atom. The van der Waals surface area contributed by atoms with E-state index in [0.29, 0.717) is 0 Å². The van der Waals surface area contributed by atoms with Gasteiger partial charge in [-0.25, -0.2) is 0 Å². The van der Waals surface area contributed by atoms with Gasteiger partial charge in [-0.15, -0.1) is 0 Å². The zero-order valence-electron chi connectivity index (χ0n) is 9.55. The highest BCUT2D eigenvalue weighted by molar-refractivity contribution is 7.86. The van der Waals surface area contributed by atoms with Gasteiger partial charge in [0.2, 0.25) is 0 Å². The first-order valence-electron chi connectivity index (χ1n) is 4.96. The second-order valence-corrected chi connectivity index (χ2v) is 6.62. The number of fused-ring (bicyclic) bond motifs is 1. The van der Waals surface area contributed by atoms with Crippen molar-refractivity contribution in [2.75, 3.05) is 0 Å². The summed E-state index contributed by atoms with van der Waals surface area (Å²) in [5.74, 6) is -2.08. The van der Waals surface area contributed by atoms with Crippen LogP contribution in [0, 0.1) is 0 Å². The molecule has 0 aromatic heterocycles. The van der Waals surface area contributed by atoms with Crippen molar-refractivity contribution in [1.29, 1.82) is 0 Å². The molecule has 0 amide bonds. The molecular weight excluding hydrogens is 312 g/mol. The Balaban J connectivity index is 3.15. The average Bonchev–Trinajstić information content (AvgIpc) is 2.26. The molecule has 20 heavy (non-hydrogen) atoms. The lowest BCUT2D eigenvalue weighted by molar-refractivity contribution is 0.391. The monoisotopic (exact) mass is 320 g/mol. The Bertz CT molecular complexity index is 912. The van der Waals surface area contributed by atoms with Gasteiger partial charge in [-0.2, -0.15) is 16.8 Å². The summed E-state index contributed by atoms with van der Waals surface area (Å²) in [6, 6.07) is 3.95. The van der Waals surface area contributed by atoms with Crippen LogP contribution in [0.3, 0.4) is 0 Å². The van der Waals surface area contributed by atoms with E-state index in [1.54, 1.807) is 0 Å². The van der Waals surface area contributed by atoms with Gasteiger partial charge in [0.05, 0.1) is 0 Å². The number of phenols is 2. The summed E-state index contributed by atoms with van der Waals surface area (Å²) in [6.45, 7) is 0. The summed E-state index contributed by atoms with van der Waals surface area (Å²) < 4.78 is 63.0. The first-order valence-corrected chi connectivity index (χ1v) is 7.84. The highest BCUT2D eigenvalue weighted by atomic mass is 32.2. The molecule has 108 valence electrons. The number of aromatic hydroxyl groups is 2. The summed E-state index contributed by atoms with van der Waals surface area (Å²) in [5, 5.41) is 18.2. The highest BCUT2D eigenvalue weighted by Gasteiger charge is 2.25. The van der Waals surface area contributed by atoms with Crippen LogP contribution in [0.2, 0.25) is 0 Å². The van der Waals surface area contributed by atoms with Crippen molar-refractivity contribution in [3.63, 3.8) is 0 Å². The molecule has 0 aliphatic carbocycles. The predicted molar refractivity (Wildman–Crippen MR) is 66.9 cm³/mol. The van der Waals surface area contributed by atoms with Gasteiger partial charge >= 0.3 is 0 Å². The van der Waals surface area contributed by atoms with E-state index in [-0.39, 0.29) is 10.8 Å². The van der Waals surface area contributed by atoms with Crippen LogP contribution in [-0.4, -0.2) is 36.2 Å². The molecule has 0 saturated heterocycles. The van der Waals surface area contributed by atoms with E-state index >= 15 is 0 Å². The van der Waals surface area contributed by atoms with Gasteiger partial charge < -0.3 is 10.2 Å². The minimum atomic E-state index is -4.93. The molecule has 2 rings (SSSR count). The summed E-state index contributed by atoms with van der Waals surface area (Å²) in [5.41, 5.74) is 0. The predicted octanol–water partition coefficient (Wildman–Crippen LogP) is 0.744. The van der Waals surface area contributed by atoms with Crippen LogP contribution in [0.1, 0.15) is 0 Å². The minimum Gasteiger partial charge on any atom is -0.504 e. The van der Waals surface area contributed by atoms with Crippen molar-refractivity contribution in [2.45, 2.75) is 9.79 Å². The molecule has 4 N–H and O–H groups in total. The van der Waals surface area contributed by atoms with Crippen LogP contribution < -0.4 is 0 Å². The second kappa shape index (κ2) is 4.31. The Labute approximate surface area is 113 Å². The number of hydrogen-bond acceptors (Lipinski definition) is 6. The van der Waals surface area contributed by atoms with E-state index < -0.39 is 41.5 Å². The lowest BCUT2D eigenvalue weighted by atomic mass is 10.1. The van der Waals surface area contributed by atoms with Crippen molar-refractivity contribution >= 4 is 31.0 Å². The highest BCUT2D eigenvalue weighted by Crippen LogP contribution is 2.40. The van der Waals surface area contributed by atoms with Gasteiger partial charge in [-0.1, -0.05) is 12.1 Å². The molecule has 0 unspecified atom stereocenters. The summed E-state index contributed by atoms with van der Waals surface area (Å²) in [6.07, 6.45) is 0. The van der Waals surface area contributed by atoms with E-state index in [0.717, 1.165) is 24.3 Å². The largest absolute Gasteiger partial charge is 0.504 e. The number of phenolic OH excluding ortho intramolecular Hbond substituents is 2. The molecule has 0 saturated carbocycles. The third kappa shape index (κ3) is 2.29. The lowest BCUT2D eigenvalue weighted by Gasteiger charge is -2.10. The summed E-state index contributed by atoms with van der Waals surface area (Å²) in [7, 11) is -9.62. The second-order valence-electron chi connectivity index (χ2n) is 3.87. The Hall–Kier alpha value is -1.88. The molecule has 2 aromatic carbocycles. The van der Waals surface area contributed by atoms with Crippen molar-refractivity contribution in [3.05, 3.63) is 24.3 Å². The van der Waals surface area contributed by atoms with Gasteiger partial charge in [0, 0.05) is 10.8 Å². The molecule has 0 spiro atoms. The van der Waals surface area contributed by atoms with Crippen LogP contribution in [0.4, 0.5) is 0 Å². The molecule has 0 fully saturated rings. The number of rotatable bonds is 2. The topological polar surface area (TPSA) is 149 Å². The fourth-order valence-electron chi connectivity index (χ4n) is 1.83. The molecule has 0 bridgehead atoms. The van der Waals surface area contributed by atoms with Gasteiger partial charge in [-0.3, -0.25) is 9.11 Å². The van der Waals surface area contributed by atoms with Crippen molar-refractivity contribution in [2.24, 2.45) is 0 Å². The Morgan fingerprint density at radius 1 is 0.850 bits per heavy atom. The quantitative estimate of drug-likeness (QED) is 0.467. The minimum absolute atomic E-state index is 0.363. The Kier molecular flexibility index (Phi) is 3.13. The maximum atomic E-state index is 11.3. The third-order valence-corrected chi connectivity index (χ3v) is 4.43. The van der Waals surface area contributed by atoms with Gasteiger partial charge in [0.1, 0.15) is 9.79 Å². The fraction of sp³-hybridized carbons (Fsp3) is 0. The van der Waals surface area contributed by atoms with Crippen molar-refractivity contribution in [1.82, 2.24) is 0 Å². The van der Waals surface area contributed by atoms with E-state index in [1.807, 2.05) is 0 Å². The first-order chi connectivity index (χ1) is 9.03. The molecule has 0 atom stereocenters. The van der Waals surface area contributed by atoms with Crippen LogP contribution in [0.25, 0.3) is 10.8 Å². The fourth-order valence-corrected chi connectivity index (χ4v) is 3.33. The summed E-state index contributed by atoms with van der Waals surface area (Å²) in [4.78, 5) is -1.71. The van der Waals surface area contributed by atoms with Crippen molar-refractivity contribution < 1.29 is 36.2 Å². The maximum absolute atomic E-state index is 11.3. The molecule has 2 aromatic rings. The first kappa shape index (κ1) is 14.5. The van der Waals surface area contributed by atoms with E-state index in [4.69, 9.17) is 9.11 Å². The number of hydrogen-bond donors (Lipinski definition) is 4. The lowest BCUT2D eigenvalue weighted by Crippen LogP contribution is -2.03. The van der Waals surface area contributed by atoms with E-state index in [1.165, 1.54) is 0 Å². The van der Waals surface area contributed by atoms with Crippen molar-refractivity contribution in [3.8, 4) is 11.5 Å². The zero-order valence-corrected chi connectivity index (χ0v) is 11.2. The zero-order chi connectivity index (χ0) is 15.3. The smallest absolute Gasteiger partial charge is 0.298 e. The molecule has 0 aliphatic rings. The van der Waals surface area contributed by atoms with Gasteiger partial charge in [0.15, 0.2) is 11.5 Å². The van der Waals surface area contributed by atoms with Crippen LogP contribution in [0.5, 0.6) is 11.5 Å². The molecule has 0 aliphatic heterocycles. The van der Waals surface area contributed by atoms with Crippen LogP contribution in [0.15, 0.2) is 34.1 Å². The standard InChI is InChI=1S/C10H8O8S2/c11-7-4-6-5(10(9(7)12)20(16,17)18)2-1-3-8(6)19(13,14)15/h1-4,11-12H,(H,13,14,15)(H,16,17,18). The van der Waals surface area contributed by atoms with E-state index in [9.17, 15) is 27.0 Å². The van der Waals surface area contributed by atoms with E-state index in [2.05, 4.69) is 0 Å². The summed E-state index contributed by atoms with van der Waals surface area (Å²) >= 11 is 0.